The summed E-state index contributed by atoms with van der Waals surface area (Å²) in [5.41, 5.74) is 0.927. The van der Waals surface area contributed by atoms with Crippen molar-refractivity contribution in [3.8, 4) is 0 Å². The van der Waals surface area contributed by atoms with E-state index in [-0.39, 0.29) is 17.7 Å². The molecule has 2 aliphatic rings. The lowest BCUT2D eigenvalue weighted by atomic mass is 9.82. The fourth-order valence-corrected chi connectivity index (χ4v) is 3.49. The molecule has 0 unspecified atom stereocenters. The number of aliphatic carboxylic acids is 1. The molecule has 0 radical (unpaired) electrons. The number of nitrogens with zero attached hydrogens (tertiary/aromatic N) is 2. The number of carbonyl (C=O) groups is 2. The topological polar surface area (TPSA) is 84.2 Å². The van der Waals surface area contributed by atoms with E-state index in [2.05, 4.69) is 10.4 Å². The van der Waals surface area contributed by atoms with Gasteiger partial charge in [0.1, 0.15) is 0 Å². The fraction of sp³-hybridized carbons (Fsp3) is 0.533. The molecule has 112 valence electrons. The van der Waals surface area contributed by atoms with E-state index in [1.165, 1.54) is 0 Å². The summed E-state index contributed by atoms with van der Waals surface area (Å²) in [5, 5.41) is 16.4. The first-order chi connectivity index (χ1) is 10.1. The van der Waals surface area contributed by atoms with Crippen LogP contribution in [-0.4, -0.2) is 26.8 Å². The van der Waals surface area contributed by atoms with Gasteiger partial charge in [0, 0.05) is 24.8 Å². The standard InChI is InChI=1S/C15H19N3O3/c1-2-18-8-9(7-17-18)6-16-14(19)12-10-3-4-11(5-10)13(12)15(20)21/h3-4,7-8,10-13H,2,5-6H2,1H3,(H,16,19)(H,20,21)/t10-,11-,12-,13-/m0/s1. The van der Waals surface area contributed by atoms with Gasteiger partial charge in [-0.05, 0) is 25.2 Å². The second kappa shape index (κ2) is 5.35. The monoisotopic (exact) mass is 289 g/mol. The lowest BCUT2D eigenvalue weighted by Crippen LogP contribution is -2.39. The van der Waals surface area contributed by atoms with Crippen LogP contribution in [0.2, 0.25) is 0 Å². The van der Waals surface area contributed by atoms with E-state index in [0.717, 1.165) is 18.5 Å². The summed E-state index contributed by atoms with van der Waals surface area (Å²) in [6, 6.07) is 0. The summed E-state index contributed by atoms with van der Waals surface area (Å²) in [7, 11) is 0. The van der Waals surface area contributed by atoms with E-state index in [4.69, 9.17) is 0 Å². The molecule has 0 aromatic carbocycles. The maximum absolute atomic E-state index is 12.4. The third kappa shape index (κ3) is 2.46. The van der Waals surface area contributed by atoms with Crippen molar-refractivity contribution in [2.24, 2.45) is 23.7 Å². The van der Waals surface area contributed by atoms with Crippen LogP contribution >= 0.6 is 0 Å². The Hall–Kier alpha value is -2.11. The smallest absolute Gasteiger partial charge is 0.307 e. The highest BCUT2D eigenvalue weighted by Gasteiger charge is 2.51. The Bertz CT molecular complexity index is 593. The number of nitrogens with one attached hydrogen (secondary N) is 1. The first kappa shape index (κ1) is 13.9. The number of fused-ring (bicyclic) bond motifs is 2. The number of carbonyl (C=O) groups excluding carboxylic acids is 1. The van der Waals surface area contributed by atoms with E-state index >= 15 is 0 Å². The second-order valence-electron chi connectivity index (χ2n) is 5.76. The zero-order valence-corrected chi connectivity index (χ0v) is 11.9. The minimum atomic E-state index is -0.870. The van der Waals surface area contributed by atoms with Crippen molar-refractivity contribution >= 4 is 11.9 Å². The molecular formula is C15H19N3O3. The van der Waals surface area contributed by atoms with E-state index < -0.39 is 17.8 Å². The lowest BCUT2D eigenvalue weighted by molar-refractivity contribution is -0.147. The number of hydrogen-bond acceptors (Lipinski definition) is 3. The number of carboxylic acids is 1. The van der Waals surface area contributed by atoms with E-state index in [9.17, 15) is 14.7 Å². The Balaban J connectivity index is 1.65. The summed E-state index contributed by atoms with van der Waals surface area (Å²) in [6.07, 6.45) is 8.32. The molecule has 1 aromatic heterocycles. The quantitative estimate of drug-likeness (QED) is 0.793. The number of aromatic nitrogens is 2. The van der Waals surface area contributed by atoms with Crippen LogP contribution < -0.4 is 5.32 Å². The van der Waals surface area contributed by atoms with Gasteiger partial charge in [-0.1, -0.05) is 12.2 Å². The molecule has 2 aliphatic carbocycles. The lowest BCUT2D eigenvalue weighted by Gasteiger charge is -2.23. The van der Waals surface area contributed by atoms with E-state index in [1.54, 1.807) is 10.9 Å². The zero-order valence-electron chi connectivity index (χ0n) is 11.9. The predicted molar refractivity (Wildman–Crippen MR) is 75.1 cm³/mol. The molecule has 1 aromatic rings. The van der Waals surface area contributed by atoms with Crippen LogP contribution in [0.4, 0.5) is 0 Å². The van der Waals surface area contributed by atoms with Gasteiger partial charge in [-0.2, -0.15) is 5.10 Å². The van der Waals surface area contributed by atoms with E-state index in [0.29, 0.717) is 6.54 Å². The van der Waals surface area contributed by atoms with Gasteiger partial charge >= 0.3 is 5.97 Å². The number of rotatable bonds is 5. The Morgan fingerprint density at radius 1 is 1.38 bits per heavy atom. The second-order valence-corrected chi connectivity index (χ2v) is 5.76. The summed E-state index contributed by atoms with van der Waals surface area (Å²) >= 11 is 0. The molecule has 0 saturated heterocycles. The van der Waals surface area contributed by atoms with Crippen molar-refractivity contribution in [2.75, 3.05) is 0 Å². The van der Waals surface area contributed by atoms with Crippen molar-refractivity contribution in [1.29, 1.82) is 0 Å². The Labute approximate surface area is 122 Å². The van der Waals surface area contributed by atoms with Gasteiger partial charge < -0.3 is 10.4 Å². The zero-order chi connectivity index (χ0) is 15.0. The van der Waals surface area contributed by atoms with Gasteiger partial charge in [0.2, 0.25) is 5.91 Å². The largest absolute Gasteiger partial charge is 0.481 e. The summed E-state index contributed by atoms with van der Waals surface area (Å²) in [6.45, 7) is 3.17. The molecule has 1 saturated carbocycles. The maximum atomic E-state index is 12.4. The van der Waals surface area contributed by atoms with Crippen LogP contribution in [0.5, 0.6) is 0 Å². The normalized spacial score (nSPS) is 29.8. The number of aryl methyl sites for hydroxylation is 1. The molecule has 21 heavy (non-hydrogen) atoms. The highest BCUT2D eigenvalue weighted by atomic mass is 16.4. The number of allylic oxidation sites excluding steroid dienone is 2. The van der Waals surface area contributed by atoms with Crippen LogP contribution in [0.1, 0.15) is 18.9 Å². The molecule has 3 rings (SSSR count). The van der Waals surface area contributed by atoms with Gasteiger partial charge in [-0.25, -0.2) is 0 Å². The predicted octanol–water partition coefficient (Wildman–Crippen LogP) is 1.04. The van der Waals surface area contributed by atoms with Crippen LogP contribution in [0, 0.1) is 23.7 Å². The summed E-state index contributed by atoms with van der Waals surface area (Å²) in [5.74, 6) is -1.99. The molecule has 4 atom stereocenters. The van der Waals surface area contributed by atoms with Gasteiger partial charge in [0.25, 0.3) is 0 Å². The maximum Gasteiger partial charge on any atom is 0.307 e. The van der Waals surface area contributed by atoms with Gasteiger partial charge in [0.15, 0.2) is 0 Å². The third-order valence-corrected chi connectivity index (χ3v) is 4.52. The molecule has 1 heterocycles. The molecule has 1 amide bonds. The summed E-state index contributed by atoms with van der Waals surface area (Å²) < 4.78 is 1.79. The highest BCUT2D eigenvalue weighted by Crippen LogP contribution is 2.48. The molecule has 2 N–H and O–H groups in total. The minimum Gasteiger partial charge on any atom is -0.481 e. The van der Waals surface area contributed by atoms with Crippen molar-refractivity contribution < 1.29 is 14.7 Å². The molecule has 0 spiro atoms. The van der Waals surface area contributed by atoms with Crippen LogP contribution in [0.15, 0.2) is 24.5 Å². The van der Waals surface area contributed by atoms with Crippen molar-refractivity contribution in [3.63, 3.8) is 0 Å². The van der Waals surface area contributed by atoms with Crippen molar-refractivity contribution in [1.82, 2.24) is 15.1 Å². The van der Waals surface area contributed by atoms with Gasteiger partial charge in [-0.3, -0.25) is 14.3 Å². The molecular weight excluding hydrogens is 270 g/mol. The Kier molecular flexibility index (Phi) is 3.53. The highest BCUT2D eigenvalue weighted by molar-refractivity contribution is 5.86. The van der Waals surface area contributed by atoms with Crippen molar-refractivity contribution in [2.45, 2.75) is 26.4 Å². The molecule has 0 aliphatic heterocycles. The van der Waals surface area contributed by atoms with E-state index in [1.807, 2.05) is 25.3 Å². The average Bonchev–Trinajstić information content (AvgIpc) is 3.18. The first-order valence-electron chi connectivity index (χ1n) is 7.30. The van der Waals surface area contributed by atoms with Crippen LogP contribution in [-0.2, 0) is 22.7 Å². The summed E-state index contributed by atoms with van der Waals surface area (Å²) in [4.78, 5) is 23.8. The molecule has 1 fully saturated rings. The minimum absolute atomic E-state index is 0.00564. The number of carboxylic acid groups (broad SMARTS) is 1. The molecule has 2 bridgehead atoms. The Morgan fingerprint density at radius 3 is 2.71 bits per heavy atom. The third-order valence-electron chi connectivity index (χ3n) is 4.52. The first-order valence-corrected chi connectivity index (χ1v) is 7.30. The average molecular weight is 289 g/mol. The number of amides is 1. The SMILES string of the molecule is CCn1cc(CNC(=O)[C@@H]2[C@@H](C(=O)O)[C@H]3C=C[C@H]2C3)cn1. The fourth-order valence-electron chi connectivity index (χ4n) is 3.49. The van der Waals surface area contributed by atoms with Crippen LogP contribution in [0.3, 0.4) is 0 Å². The van der Waals surface area contributed by atoms with Gasteiger partial charge in [0.05, 0.1) is 18.0 Å². The van der Waals surface area contributed by atoms with Gasteiger partial charge in [-0.15, -0.1) is 0 Å². The van der Waals surface area contributed by atoms with Crippen molar-refractivity contribution in [3.05, 3.63) is 30.1 Å². The molecule has 6 heteroatoms. The molecule has 6 nitrogen and oxygen atoms in total. The number of hydrogen-bond donors (Lipinski definition) is 2. The Morgan fingerprint density at radius 2 is 2.10 bits per heavy atom. The van der Waals surface area contributed by atoms with Crippen LogP contribution in [0.25, 0.3) is 0 Å².